The molecule has 7 heteroatoms. The number of phenols is 2. The highest BCUT2D eigenvalue weighted by Gasteiger charge is 2.21. The van der Waals surface area contributed by atoms with E-state index in [1.54, 1.807) is 0 Å². The highest BCUT2D eigenvalue weighted by atomic mass is 16.4. The number of carbonyl (C=O) groups excluding carboxylic acids is 2. The molecule has 0 unspecified atom stereocenters. The van der Waals surface area contributed by atoms with Crippen LogP contribution >= 0.6 is 0 Å². The summed E-state index contributed by atoms with van der Waals surface area (Å²) in [7, 11) is 1.37. The van der Waals surface area contributed by atoms with Gasteiger partial charge >= 0.3 is 5.97 Å². The second-order valence-corrected chi connectivity index (χ2v) is 5.14. The summed E-state index contributed by atoms with van der Waals surface area (Å²) in [5.74, 6) is -3.10. The number of aromatic carboxylic acids is 1. The molecule has 0 saturated heterocycles. The third-order valence-electron chi connectivity index (χ3n) is 3.41. The molecule has 7 nitrogen and oxygen atoms in total. The lowest BCUT2D eigenvalue weighted by molar-refractivity contribution is 0.0679. The SMILES string of the molecule is CN(CC(=O)c1ccc(O)c(O)c1)C(=O)c1ccccc1C(=O)O. The Hall–Kier alpha value is -3.35. The lowest BCUT2D eigenvalue weighted by Gasteiger charge is -2.17. The molecule has 0 spiro atoms. The number of carboxylic acid groups (broad SMARTS) is 1. The topological polar surface area (TPSA) is 115 Å². The molecule has 0 bridgehead atoms. The molecule has 2 aromatic rings. The lowest BCUT2D eigenvalue weighted by Crippen LogP contribution is -2.33. The van der Waals surface area contributed by atoms with Crippen molar-refractivity contribution in [2.24, 2.45) is 0 Å². The standard InChI is InChI=1S/C17H15NO6/c1-18(9-15(21)10-6-7-13(19)14(20)8-10)16(22)11-4-2-3-5-12(11)17(23)24/h2-8,19-20H,9H2,1H3,(H,23,24). The summed E-state index contributed by atoms with van der Waals surface area (Å²) in [5.41, 5.74) is -0.0469. The maximum atomic E-state index is 12.4. The van der Waals surface area contributed by atoms with E-state index in [9.17, 15) is 24.6 Å². The van der Waals surface area contributed by atoms with Gasteiger partial charge in [0.15, 0.2) is 17.3 Å². The summed E-state index contributed by atoms with van der Waals surface area (Å²) in [6, 6.07) is 9.31. The molecule has 2 rings (SSSR count). The van der Waals surface area contributed by atoms with Crippen molar-refractivity contribution >= 4 is 17.7 Å². The number of Topliss-reactive ketones (excluding diaryl/α,β-unsaturated/α-hetero) is 1. The molecule has 1 amide bonds. The highest BCUT2D eigenvalue weighted by Crippen LogP contribution is 2.25. The van der Waals surface area contributed by atoms with Gasteiger partial charge in [0.2, 0.25) is 0 Å². The summed E-state index contributed by atoms with van der Waals surface area (Å²) < 4.78 is 0. The monoisotopic (exact) mass is 329 g/mol. The van der Waals surface area contributed by atoms with Gasteiger partial charge in [-0.05, 0) is 30.3 Å². The van der Waals surface area contributed by atoms with Crippen LogP contribution in [0.4, 0.5) is 0 Å². The number of carbonyl (C=O) groups is 3. The average molecular weight is 329 g/mol. The summed E-state index contributed by atoms with van der Waals surface area (Å²) in [5, 5.41) is 27.8. The minimum atomic E-state index is -1.23. The Labute approximate surface area is 137 Å². The fourth-order valence-electron chi connectivity index (χ4n) is 2.14. The molecule has 0 fully saturated rings. The van der Waals surface area contributed by atoms with E-state index in [-0.39, 0.29) is 29.0 Å². The van der Waals surface area contributed by atoms with E-state index >= 15 is 0 Å². The van der Waals surface area contributed by atoms with Crippen molar-refractivity contribution in [2.75, 3.05) is 13.6 Å². The largest absolute Gasteiger partial charge is 0.504 e. The van der Waals surface area contributed by atoms with Crippen molar-refractivity contribution < 1.29 is 29.7 Å². The number of likely N-dealkylation sites (N-methyl/N-ethyl adjacent to an activating group) is 1. The molecular formula is C17H15NO6. The summed E-state index contributed by atoms with van der Waals surface area (Å²) in [6.07, 6.45) is 0. The zero-order valence-electron chi connectivity index (χ0n) is 12.8. The van der Waals surface area contributed by atoms with Crippen LogP contribution in [0.15, 0.2) is 42.5 Å². The van der Waals surface area contributed by atoms with Crippen molar-refractivity contribution in [1.82, 2.24) is 4.90 Å². The Bertz CT molecular complexity index is 814. The fraction of sp³-hybridized carbons (Fsp3) is 0.118. The molecule has 2 aromatic carbocycles. The maximum Gasteiger partial charge on any atom is 0.336 e. The second kappa shape index (κ2) is 6.82. The van der Waals surface area contributed by atoms with E-state index in [0.29, 0.717) is 0 Å². The fourth-order valence-corrected chi connectivity index (χ4v) is 2.14. The number of nitrogens with zero attached hydrogens (tertiary/aromatic N) is 1. The Morgan fingerprint density at radius 2 is 1.58 bits per heavy atom. The molecule has 24 heavy (non-hydrogen) atoms. The molecule has 0 atom stereocenters. The van der Waals surface area contributed by atoms with Gasteiger partial charge in [0.05, 0.1) is 17.7 Å². The number of ketones is 1. The first-order chi connectivity index (χ1) is 11.3. The molecule has 0 heterocycles. The molecule has 0 radical (unpaired) electrons. The van der Waals surface area contributed by atoms with E-state index in [2.05, 4.69) is 0 Å². The van der Waals surface area contributed by atoms with Gasteiger partial charge in [0.25, 0.3) is 5.91 Å². The quantitative estimate of drug-likeness (QED) is 0.568. The number of amides is 1. The number of phenolic OH excluding ortho intramolecular Hbond substituents is 2. The van der Waals surface area contributed by atoms with Crippen molar-refractivity contribution in [1.29, 1.82) is 0 Å². The normalized spacial score (nSPS) is 10.2. The summed E-state index contributed by atoms with van der Waals surface area (Å²) in [6.45, 7) is -0.309. The van der Waals surface area contributed by atoms with E-state index in [1.165, 1.54) is 43.4 Å². The van der Waals surface area contributed by atoms with Gasteiger partial charge in [-0.1, -0.05) is 12.1 Å². The number of rotatable bonds is 5. The number of aromatic hydroxyl groups is 2. The van der Waals surface area contributed by atoms with Crippen LogP contribution in [0.5, 0.6) is 11.5 Å². The van der Waals surface area contributed by atoms with Crippen molar-refractivity contribution in [3.63, 3.8) is 0 Å². The summed E-state index contributed by atoms with van der Waals surface area (Å²) in [4.78, 5) is 36.8. The predicted molar refractivity (Wildman–Crippen MR) is 84.5 cm³/mol. The average Bonchev–Trinajstić information content (AvgIpc) is 2.56. The van der Waals surface area contributed by atoms with Gasteiger partial charge in [0.1, 0.15) is 0 Å². The molecule has 124 valence electrons. The highest BCUT2D eigenvalue weighted by molar-refractivity contribution is 6.07. The minimum absolute atomic E-state index is 0.0196. The predicted octanol–water partition coefficient (Wildman–Crippen LogP) is 1.75. The van der Waals surface area contributed by atoms with Crippen molar-refractivity contribution in [2.45, 2.75) is 0 Å². The second-order valence-electron chi connectivity index (χ2n) is 5.14. The Morgan fingerprint density at radius 3 is 2.17 bits per heavy atom. The lowest BCUT2D eigenvalue weighted by atomic mass is 10.1. The number of carboxylic acids is 1. The number of hydrogen-bond donors (Lipinski definition) is 3. The van der Waals surface area contributed by atoms with Crippen LogP contribution < -0.4 is 0 Å². The van der Waals surface area contributed by atoms with Crippen LogP contribution in [-0.4, -0.2) is 51.5 Å². The Morgan fingerprint density at radius 1 is 0.958 bits per heavy atom. The van der Waals surface area contributed by atoms with Crippen LogP contribution in [0.2, 0.25) is 0 Å². The van der Waals surface area contributed by atoms with Crippen molar-refractivity contribution in [3.05, 3.63) is 59.2 Å². The van der Waals surface area contributed by atoms with E-state index in [4.69, 9.17) is 5.11 Å². The van der Waals surface area contributed by atoms with Gasteiger partial charge in [-0.3, -0.25) is 9.59 Å². The third kappa shape index (κ3) is 3.52. The Balaban J connectivity index is 2.18. The number of benzene rings is 2. The van der Waals surface area contributed by atoms with Gasteiger partial charge in [-0.25, -0.2) is 4.79 Å². The van der Waals surface area contributed by atoms with Gasteiger partial charge in [0, 0.05) is 12.6 Å². The van der Waals surface area contributed by atoms with Crippen molar-refractivity contribution in [3.8, 4) is 11.5 Å². The molecular weight excluding hydrogens is 314 g/mol. The zero-order chi connectivity index (χ0) is 17.9. The van der Waals surface area contributed by atoms with Crippen LogP contribution in [-0.2, 0) is 0 Å². The first kappa shape index (κ1) is 17.0. The first-order valence-corrected chi connectivity index (χ1v) is 6.94. The Kier molecular flexibility index (Phi) is 4.84. The van der Waals surface area contributed by atoms with Crippen LogP contribution in [0.3, 0.4) is 0 Å². The van der Waals surface area contributed by atoms with Crippen LogP contribution in [0.25, 0.3) is 0 Å². The maximum absolute atomic E-state index is 12.4. The minimum Gasteiger partial charge on any atom is -0.504 e. The third-order valence-corrected chi connectivity index (χ3v) is 3.41. The van der Waals surface area contributed by atoms with Gasteiger partial charge < -0.3 is 20.2 Å². The van der Waals surface area contributed by atoms with Gasteiger partial charge in [-0.2, -0.15) is 0 Å². The van der Waals surface area contributed by atoms with Gasteiger partial charge in [-0.15, -0.1) is 0 Å². The molecule has 0 aliphatic rings. The first-order valence-electron chi connectivity index (χ1n) is 6.94. The number of hydrogen-bond acceptors (Lipinski definition) is 5. The van der Waals surface area contributed by atoms with Crippen LogP contribution in [0.1, 0.15) is 31.1 Å². The smallest absolute Gasteiger partial charge is 0.336 e. The van der Waals surface area contributed by atoms with E-state index < -0.39 is 23.4 Å². The summed E-state index contributed by atoms with van der Waals surface area (Å²) >= 11 is 0. The molecule has 0 aliphatic carbocycles. The zero-order valence-corrected chi connectivity index (χ0v) is 12.8. The van der Waals surface area contributed by atoms with E-state index in [0.717, 1.165) is 11.0 Å². The molecule has 0 aromatic heterocycles. The molecule has 3 N–H and O–H groups in total. The molecule has 0 saturated carbocycles. The van der Waals surface area contributed by atoms with Crippen LogP contribution in [0, 0.1) is 0 Å². The molecule has 0 aliphatic heterocycles. The van der Waals surface area contributed by atoms with E-state index in [1.807, 2.05) is 0 Å².